The minimum absolute atomic E-state index is 0.0552. The monoisotopic (exact) mass is 449 g/mol. The molecule has 166 valence electrons. The first kappa shape index (κ1) is 23.8. The van der Waals surface area contributed by atoms with Crippen molar-refractivity contribution in [2.45, 2.75) is 13.3 Å². The lowest BCUT2D eigenvalue weighted by Gasteiger charge is -2.13. The first-order valence-electron chi connectivity index (χ1n) is 9.09. The molecular weight excluding hydrogens is 426 g/mol. The molecule has 0 unspecified atom stereocenters. The number of hydrazone groups is 1. The Balaban J connectivity index is 2.02. The topological polar surface area (TPSA) is 107 Å². The molecule has 0 aliphatic carbocycles. The molecule has 0 saturated carbocycles. The van der Waals surface area contributed by atoms with Crippen molar-refractivity contribution in [3.05, 3.63) is 40.9 Å². The zero-order chi connectivity index (χ0) is 23.0. The van der Waals surface area contributed by atoms with Crippen LogP contribution in [0, 0.1) is 0 Å². The van der Waals surface area contributed by atoms with E-state index in [4.69, 9.17) is 30.5 Å². The van der Waals surface area contributed by atoms with Crippen LogP contribution in [0.25, 0.3) is 0 Å². The third-order valence-electron chi connectivity index (χ3n) is 4.16. The summed E-state index contributed by atoms with van der Waals surface area (Å²) in [5, 5.41) is 7.05. The Bertz CT molecular complexity index is 993. The molecule has 0 spiro atoms. The van der Waals surface area contributed by atoms with Crippen molar-refractivity contribution < 1.29 is 28.5 Å². The number of carbonyl (C=O) groups excluding carboxylic acids is 2. The highest BCUT2D eigenvalue weighted by Crippen LogP contribution is 2.35. The summed E-state index contributed by atoms with van der Waals surface area (Å²) >= 11 is 6.07. The number of benzene rings is 2. The molecule has 2 aromatic carbocycles. The van der Waals surface area contributed by atoms with E-state index in [1.54, 1.807) is 31.2 Å². The van der Waals surface area contributed by atoms with Gasteiger partial charge >= 0.3 is 0 Å². The standard InChI is InChI=1S/C21H24ClN3O6/c1-12(24-25-21(27)13-6-7-16(28-2)19(9-13)31-5)8-20(26)23-15-11-17(29-3)14(22)10-18(15)30-4/h6-7,9-11H,8H2,1-5H3,(H,23,26)(H,25,27). The van der Waals surface area contributed by atoms with E-state index in [1.807, 2.05) is 0 Å². The predicted molar refractivity (Wildman–Crippen MR) is 118 cm³/mol. The molecule has 0 radical (unpaired) electrons. The molecule has 0 saturated heterocycles. The van der Waals surface area contributed by atoms with Gasteiger partial charge in [-0.2, -0.15) is 5.10 Å². The van der Waals surface area contributed by atoms with Crippen molar-refractivity contribution in [2.24, 2.45) is 5.10 Å². The predicted octanol–water partition coefficient (Wildman–Crippen LogP) is 3.51. The molecule has 0 heterocycles. The quantitative estimate of drug-likeness (QED) is 0.448. The Morgan fingerprint density at radius 1 is 0.903 bits per heavy atom. The molecule has 10 heteroatoms. The number of hydrogen-bond acceptors (Lipinski definition) is 7. The number of carbonyl (C=O) groups is 2. The van der Waals surface area contributed by atoms with Crippen LogP contribution in [0.3, 0.4) is 0 Å². The fraction of sp³-hybridized carbons (Fsp3) is 0.286. The van der Waals surface area contributed by atoms with E-state index in [1.165, 1.54) is 34.5 Å². The molecule has 0 bridgehead atoms. The van der Waals surface area contributed by atoms with Gasteiger partial charge in [0.25, 0.3) is 5.91 Å². The SMILES string of the molecule is COc1cc(NC(=O)CC(C)=NNC(=O)c2ccc(OC)c(OC)c2)c(OC)cc1Cl. The number of rotatable bonds is 9. The molecule has 31 heavy (non-hydrogen) atoms. The Kier molecular flexibility index (Phi) is 8.51. The van der Waals surface area contributed by atoms with Gasteiger partial charge in [0.05, 0.1) is 45.6 Å². The number of anilines is 1. The molecule has 0 fully saturated rings. The van der Waals surface area contributed by atoms with Gasteiger partial charge in [-0.25, -0.2) is 5.43 Å². The van der Waals surface area contributed by atoms with Gasteiger partial charge in [0.15, 0.2) is 11.5 Å². The summed E-state index contributed by atoms with van der Waals surface area (Å²) in [5.74, 6) is 0.891. The highest BCUT2D eigenvalue weighted by molar-refractivity contribution is 6.32. The average molecular weight is 450 g/mol. The van der Waals surface area contributed by atoms with E-state index in [0.717, 1.165) is 0 Å². The van der Waals surface area contributed by atoms with E-state index in [2.05, 4.69) is 15.8 Å². The maximum absolute atomic E-state index is 12.4. The van der Waals surface area contributed by atoms with Gasteiger partial charge in [-0.15, -0.1) is 0 Å². The zero-order valence-electron chi connectivity index (χ0n) is 17.9. The molecule has 2 rings (SSSR count). The largest absolute Gasteiger partial charge is 0.495 e. The van der Waals surface area contributed by atoms with E-state index >= 15 is 0 Å². The number of methoxy groups -OCH3 is 4. The average Bonchev–Trinajstić information content (AvgIpc) is 2.77. The van der Waals surface area contributed by atoms with Crippen LogP contribution in [-0.2, 0) is 4.79 Å². The lowest BCUT2D eigenvalue weighted by atomic mass is 10.2. The van der Waals surface area contributed by atoms with Crippen molar-refractivity contribution in [2.75, 3.05) is 33.8 Å². The summed E-state index contributed by atoms with van der Waals surface area (Å²) < 4.78 is 20.7. The van der Waals surface area contributed by atoms with Gasteiger partial charge < -0.3 is 24.3 Å². The van der Waals surface area contributed by atoms with Gasteiger partial charge in [0.1, 0.15) is 11.5 Å². The van der Waals surface area contributed by atoms with Gasteiger partial charge in [-0.05, 0) is 25.1 Å². The molecular formula is C21H24ClN3O6. The number of hydrogen-bond donors (Lipinski definition) is 2. The number of nitrogens with zero attached hydrogens (tertiary/aromatic N) is 1. The van der Waals surface area contributed by atoms with Crippen LogP contribution < -0.4 is 29.7 Å². The third-order valence-corrected chi connectivity index (χ3v) is 4.45. The van der Waals surface area contributed by atoms with Crippen LogP contribution >= 0.6 is 11.6 Å². The zero-order valence-corrected chi connectivity index (χ0v) is 18.6. The van der Waals surface area contributed by atoms with E-state index < -0.39 is 5.91 Å². The molecule has 2 N–H and O–H groups in total. The lowest BCUT2D eigenvalue weighted by molar-refractivity contribution is -0.115. The summed E-state index contributed by atoms with van der Waals surface area (Å²) in [7, 11) is 5.92. The molecule has 9 nitrogen and oxygen atoms in total. The van der Waals surface area contributed by atoms with Gasteiger partial charge in [-0.3, -0.25) is 9.59 Å². The van der Waals surface area contributed by atoms with Crippen LogP contribution in [-0.4, -0.2) is 46.0 Å². The summed E-state index contributed by atoms with van der Waals surface area (Å²) in [6, 6.07) is 7.83. The van der Waals surface area contributed by atoms with Crippen molar-refractivity contribution >= 4 is 34.8 Å². The second-order valence-electron chi connectivity index (χ2n) is 6.27. The first-order valence-corrected chi connectivity index (χ1v) is 9.47. The first-order chi connectivity index (χ1) is 14.8. The minimum Gasteiger partial charge on any atom is -0.495 e. The molecule has 0 atom stereocenters. The van der Waals surface area contributed by atoms with Gasteiger partial charge in [-0.1, -0.05) is 11.6 Å². The fourth-order valence-corrected chi connectivity index (χ4v) is 2.84. The highest BCUT2D eigenvalue weighted by Gasteiger charge is 2.14. The van der Waals surface area contributed by atoms with Crippen LogP contribution in [0.4, 0.5) is 5.69 Å². The maximum atomic E-state index is 12.4. The van der Waals surface area contributed by atoms with E-state index in [0.29, 0.717) is 45.0 Å². The van der Waals surface area contributed by atoms with E-state index in [9.17, 15) is 9.59 Å². The van der Waals surface area contributed by atoms with Crippen molar-refractivity contribution in [3.63, 3.8) is 0 Å². The highest BCUT2D eigenvalue weighted by atomic mass is 35.5. The Morgan fingerprint density at radius 3 is 2.16 bits per heavy atom. The molecule has 0 aromatic heterocycles. The van der Waals surface area contributed by atoms with Crippen LogP contribution in [0.5, 0.6) is 23.0 Å². The van der Waals surface area contributed by atoms with E-state index in [-0.39, 0.29) is 12.3 Å². The Labute approximate surface area is 185 Å². The normalized spacial score (nSPS) is 10.8. The fourth-order valence-electron chi connectivity index (χ4n) is 2.61. The third kappa shape index (κ3) is 6.26. The van der Waals surface area contributed by atoms with Crippen LogP contribution in [0.2, 0.25) is 5.02 Å². The minimum atomic E-state index is -0.454. The lowest BCUT2D eigenvalue weighted by Crippen LogP contribution is -2.21. The summed E-state index contributed by atoms with van der Waals surface area (Å²) in [6.07, 6.45) is -0.0552. The van der Waals surface area contributed by atoms with Crippen molar-refractivity contribution in [1.29, 1.82) is 0 Å². The number of amides is 2. The molecule has 0 aliphatic rings. The summed E-state index contributed by atoms with van der Waals surface area (Å²) in [6.45, 7) is 1.62. The molecule has 0 aliphatic heterocycles. The summed E-state index contributed by atoms with van der Waals surface area (Å²) in [4.78, 5) is 24.7. The number of ether oxygens (including phenoxy) is 4. The Hall–Kier alpha value is -3.46. The second-order valence-corrected chi connectivity index (χ2v) is 6.68. The molecule has 2 amide bonds. The Morgan fingerprint density at radius 2 is 1.55 bits per heavy atom. The van der Waals surface area contributed by atoms with Crippen molar-refractivity contribution in [3.8, 4) is 23.0 Å². The van der Waals surface area contributed by atoms with Crippen LogP contribution in [0.15, 0.2) is 35.4 Å². The number of halogens is 1. The van der Waals surface area contributed by atoms with Crippen molar-refractivity contribution in [1.82, 2.24) is 5.43 Å². The second kappa shape index (κ2) is 11.1. The molecule has 2 aromatic rings. The van der Waals surface area contributed by atoms with Gasteiger partial charge in [0, 0.05) is 23.4 Å². The maximum Gasteiger partial charge on any atom is 0.271 e. The van der Waals surface area contributed by atoms with Crippen LogP contribution in [0.1, 0.15) is 23.7 Å². The summed E-state index contributed by atoms with van der Waals surface area (Å²) in [5.41, 5.74) is 3.54. The van der Waals surface area contributed by atoms with Gasteiger partial charge in [0.2, 0.25) is 5.91 Å². The number of nitrogens with one attached hydrogen (secondary N) is 2. The smallest absolute Gasteiger partial charge is 0.271 e.